The Morgan fingerprint density at radius 1 is 0.826 bits per heavy atom. The summed E-state index contributed by atoms with van der Waals surface area (Å²) >= 11 is 0. The van der Waals surface area contributed by atoms with Crippen molar-refractivity contribution in [2.45, 2.75) is 76.7 Å². The van der Waals surface area contributed by atoms with Crippen LogP contribution in [0.4, 0.5) is 0 Å². The third-order valence-corrected chi connectivity index (χ3v) is 5.70. The topological polar surface area (TPSA) is 66.5 Å². The minimum atomic E-state index is -0.170. The number of fused-ring (bicyclic) bond motifs is 1. The molecule has 0 radical (unpaired) electrons. The number of imide groups is 1. The van der Waals surface area contributed by atoms with Gasteiger partial charge in [0.2, 0.25) is 17.7 Å². The number of hydrogen-bond donors (Lipinski definition) is 1. The van der Waals surface area contributed by atoms with Crippen LogP contribution in [0, 0.1) is 11.8 Å². The van der Waals surface area contributed by atoms with Gasteiger partial charge in [0, 0.05) is 6.04 Å². The molecule has 23 heavy (non-hydrogen) atoms. The minimum absolute atomic E-state index is 0.0822. The molecular formula is C18H28N2O3. The molecule has 2 atom stereocenters. The first kappa shape index (κ1) is 16.5. The smallest absolute Gasteiger partial charge is 0.240 e. The molecule has 1 N–H and O–H groups in total. The highest BCUT2D eigenvalue weighted by molar-refractivity contribution is 6.07. The first-order chi connectivity index (χ1) is 11.2. The van der Waals surface area contributed by atoms with Gasteiger partial charge in [-0.25, -0.2) is 0 Å². The molecule has 3 rings (SSSR count). The molecule has 1 aliphatic heterocycles. The van der Waals surface area contributed by atoms with Gasteiger partial charge in [0.05, 0.1) is 11.8 Å². The molecule has 5 nitrogen and oxygen atoms in total. The summed E-state index contributed by atoms with van der Waals surface area (Å²) in [5.41, 5.74) is 0. The van der Waals surface area contributed by atoms with Crippen LogP contribution < -0.4 is 5.32 Å². The van der Waals surface area contributed by atoms with Gasteiger partial charge in [-0.3, -0.25) is 19.3 Å². The molecule has 0 aromatic rings. The van der Waals surface area contributed by atoms with Crippen molar-refractivity contribution in [2.75, 3.05) is 6.54 Å². The Labute approximate surface area is 138 Å². The average Bonchev–Trinajstić information content (AvgIpc) is 2.75. The van der Waals surface area contributed by atoms with Crippen LogP contribution >= 0.6 is 0 Å². The molecule has 1 heterocycles. The lowest BCUT2D eigenvalue weighted by Gasteiger charge is -2.22. The van der Waals surface area contributed by atoms with E-state index in [2.05, 4.69) is 5.32 Å². The van der Waals surface area contributed by atoms with E-state index >= 15 is 0 Å². The van der Waals surface area contributed by atoms with E-state index in [9.17, 15) is 14.4 Å². The number of nitrogens with zero attached hydrogens (tertiary/aromatic N) is 1. The molecular weight excluding hydrogens is 292 g/mol. The summed E-state index contributed by atoms with van der Waals surface area (Å²) in [4.78, 5) is 38.3. The fourth-order valence-corrected chi connectivity index (χ4v) is 4.40. The third kappa shape index (κ3) is 3.75. The minimum Gasteiger partial charge on any atom is -0.352 e. The zero-order chi connectivity index (χ0) is 16.2. The fourth-order valence-electron chi connectivity index (χ4n) is 4.40. The summed E-state index contributed by atoms with van der Waals surface area (Å²) in [6, 6.07) is 0.206. The normalized spacial score (nSPS) is 29.8. The molecule has 3 aliphatic rings. The summed E-state index contributed by atoms with van der Waals surface area (Å²) in [6.07, 6.45) is 11.7. The van der Waals surface area contributed by atoms with E-state index in [4.69, 9.17) is 0 Å². The predicted molar refractivity (Wildman–Crippen MR) is 86.4 cm³/mol. The largest absolute Gasteiger partial charge is 0.352 e. The van der Waals surface area contributed by atoms with Crippen molar-refractivity contribution in [3.05, 3.63) is 0 Å². The van der Waals surface area contributed by atoms with Crippen molar-refractivity contribution in [1.82, 2.24) is 10.2 Å². The number of carbonyl (C=O) groups excluding carboxylic acids is 3. The molecule has 128 valence electrons. The summed E-state index contributed by atoms with van der Waals surface area (Å²) < 4.78 is 0. The van der Waals surface area contributed by atoms with Crippen LogP contribution in [-0.2, 0) is 14.4 Å². The number of nitrogens with one attached hydrogen (secondary N) is 1. The molecule has 0 aromatic heterocycles. The van der Waals surface area contributed by atoms with Gasteiger partial charge in [0.15, 0.2) is 0 Å². The van der Waals surface area contributed by atoms with Crippen LogP contribution in [0.15, 0.2) is 0 Å². The Kier molecular flexibility index (Phi) is 5.34. The molecule has 0 aromatic carbocycles. The second-order valence-electron chi connectivity index (χ2n) is 7.37. The van der Waals surface area contributed by atoms with Crippen LogP contribution in [0.5, 0.6) is 0 Å². The molecule has 0 spiro atoms. The Morgan fingerprint density at radius 2 is 1.30 bits per heavy atom. The molecule has 2 unspecified atom stereocenters. The van der Waals surface area contributed by atoms with E-state index in [1.807, 2.05) is 0 Å². The monoisotopic (exact) mass is 320 g/mol. The molecule has 5 heteroatoms. The maximum absolute atomic E-state index is 12.4. The van der Waals surface area contributed by atoms with Crippen molar-refractivity contribution < 1.29 is 14.4 Å². The molecule has 0 bridgehead atoms. The zero-order valence-electron chi connectivity index (χ0n) is 13.9. The maximum atomic E-state index is 12.4. The van der Waals surface area contributed by atoms with E-state index in [0.29, 0.717) is 0 Å². The van der Waals surface area contributed by atoms with E-state index in [-0.39, 0.29) is 42.1 Å². The van der Waals surface area contributed by atoms with Gasteiger partial charge in [-0.2, -0.15) is 0 Å². The fraction of sp³-hybridized carbons (Fsp3) is 0.833. The summed E-state index contributed by atoms with van der Waals surface area (Å²) in [5.74, 6) is -0.730. The Morgan fingerprint density at radius 3 is 1.87 bits per heavy atom. The van der Waals surface area contributed by atoms with Crippen molar-refractivity contribution in [3.8, 4) is 0 Å². The number of carbonyl (C=O) groups is 3. The highest BCUT2D eigenvalue weighted by Crippen LogP contribution is 2.37. The van der Waals surface area contributed by atoms with Gasteiger partial charge in [-0.15, -0.1) is 0 Å². The number of hydrogen-bond acceptors (Lipinski definition) is 3. The lowest BCUT2D eigenvalue weighted by molar-refractivity contribution is -0.143. The van der Waals surface area contributed by atoms with Crippen molar-refractivity contribution >= 4 is 17.7 Å². The van der Waals surface area contributed by atoms with Crippen LogP contribution in [0.25, 0.3) is 0 Å². The van der Waals surface area contributed by atoms with E-state index in [0.717, 1.165) is 51.4 Å². The predicted octanol–water partition coefficient (Wildman–Crippen LogP) is 2.39. The van der Waals surface area contributed by atoms with E-state index < -0.39 is 0 Å². The van der Waals surface area contributed by atoms with Gasteiger partial charge in [0.1, 0.15) is 6.54 Å². The Bertz CT molecular complexity index is 445. The summed E-state index contributed by atoms with van der Waals surface area (Å²) in [7, 11) is 0. The average molecular weight is 320 g/mol. The van der Waals surface area contributed by atoms with Gasteiger partial charge in [0.25, 0.3) is 0 Å². The second-order valence-corrected chi connectivity index (χ2v) is 7.37. The van der Waals surface area contributed by atoms with E-state index in [1.165, 1.54) is 24.2 Å². The zero-order valence-corrected chi connectivity index (χ0v) is 13.9. The van der Waals surface area contributed by atoms with Crippen molar-refractivity contribution in [3.63, 3.8) is 0 Å². The van der Waals surface area contributed by atoms with Crippen molar-refractivity contribution in [1.29, 1.82) is 0 Å². The standard InChI is InChI=1S/C18H28N2O3/c21-16(19-13-8-4-2-1-3-5-9-13)12-20-17(22)14-10-6-7-11-15(14)18(20)23/h13-15H,1-12H2,(H,19,21). The first-order valence-electron chi connectivity index (χ1n) is 9.31. The molecule has 3 amide bonds. The van der Waals surface area contributed by atoms with E-state index in [1.54, 1.807) is 0 Å². The first-order valence-corrected chi connectivity index (χ1v) is 9.31. The molecule has 3 fully saturated rings. The molecule has 2 saturated carbocycles. The van der Waals surface area contributed by atoms with Gasteiger partial charge >= 0.3 is 0 Å². The quantitative estimate of drug-likeness (QED) is 0.812. The highest BCUT2D eigenvalue weighted by atomic mass is 16.2. The maximum Gasteiger partial charge on any atom is 0.240 e. The molecule has 1 saturated heterocycles. The van der Waals surface area contributed by atoms with Crippen LogP contribution in [0.2, 0.25) is 0 Å². The van der Waals surface area contributed by atoms with Crippen molar-refractivity contribution in [2.24, 2.45) is 11.8 Å². The lowest BCUT2D eigenvalue weighted by Crippen LogP contribution is -2.44. The summed E-state index contributed by atoms with van der Waals surface area (Å²) in [6.45, 7) is -0.0822. The van der Waals surface area contributed by atoms with Crippen LogP contribution in [0.3, 0.4) is 0 Å². The SMILES string of the molecule is O=C(CN1C(=O)C2CCCCC2C1=O)NC1CCCCCCC1. The highest BCUT2D eigenvalue weighted by Gasteiger charge is 2.48. The number of likely N-dealkylation sites (tertiary alicyclic amines) is 1. The summed E-state index contributed by atoms with van der Waals surface area (Å²) in [5, 5.41) is 3.05. The Balaban J connectivity index is 1.54. The van der Waals surface area contributed by atoms with Crippen LogP contribution in [0.1, 0.15) is 70.6 Å². The van der Waals surface area contributed by atoms with Gasteiger partial charge < -0.3 is 5.32 Å². The Hall–Kier alpha value is -1.39. The lowest BCUT2D eigenvalue weighted by atomic mass is 9.81. The number of rotatable bonds is 3. The second kappa shape index (κ2) is 7.45. The van der Waals surface area contributed by atoms with Crippen LogP contribution in [-0.4, -0.2) is 35.2 Å². The van der Waals surface area contributed by atoms with Gasteiger partial charge in [-0.05, 0) is 25.7 Å². The third-order valence-electron chi connectivity index (χ3n) is 5.70. The van der Waals surface area contributed by atoms with Gasteiger partial charge in [-0.1, -0.05) is 44.9 Å². The number of amides is 3. The molecule has 2 aliphatic carbocycles.